The van der Waals surface area contributed by atoms with Crippen LogP contribution in [0.5, 0.6) is 5.75 Å². The maximum atomic E-state index is 12.7. The molecule has 154 valence electrons. The molecule has 8 nitrogen and oxygen atoms in total. The summed E-state index contributed by atoms with van der Waals surface area (Å²) < 4.78 is 5.35. The van der Waals surface area contributed by atoms with E-state index < -0.39 is 4.92 Å². The second-order valence-corrected chi connectivity index (χ2v) is 7.19. The maximum absolute atomic E-state index is 12.7. The maximum Gasteiger partial charge on any atom is 0.293 e. The number of likely N-dealkylation sites (N-methyl/N-ethyl adjacent to an activating group) is 1. The molecule has 0 radical (unpaired) electrons. The summed E-state index contributed by atoms with van der Waals surface area (Å²) in [5, 5.41) is 14.5. The van der Waals surface area contributed by atoms with Crippen molar-refractivity contribution in [1.82, 2.24) is 10.2 Å². The lowest BCUT2D eigenvalue weighted by atomic mass is 10.1. The molecule has 0 saturated carbocycles. The summed E-state index contributed by atoms with van der Waals surface area (Å²) in [6.07, 6.45) is 0. The average Bonchev–Trinajstić information content (AvgIpc) is 2.73. The van der Waals surface area contributed by atoms with E-state index in [-0.39, 0.29) is 23.2 Å². The molecule has 1 aliphatic rings. The van der Waals surface area contributed by atoms with Crippen LogP contribution in [0.3, 0.4) is 0 Å². The number of anilines is 1. The number of piperazine rings is 1. The second-order valence-electron chi connectivity index (χ2n) is 7.19. The molecule has 3 rings (SSSR count). The van der Waals surface area contributed by atoms with Gasteiger partial charge in [0.25, 0.3) is 11.6 Å². The van der Waals surface area contributed by atoms with Crippen LogP contribution >= 0.6 is 0 Å². The predicted octanol–water partition coefficient (Wildman–Crippen LogP) is 2.85. The number of nitrogens with zero attached hydrogens (tertiary/aromatic N) is 3. The molecule has 1 heterocycles. The first-order chi connectivity index (χ1) is 13.9. The Hall–Kier alpha value is -3.13. The summed E-state index contributed by atoms with van der Waals surface area (Å²) >= 11 is 0. The molecule has 1 aliphatic heterocycles. The number of ether oxygens (including phenoxy) is 1. The molecule has 1 atom stereocenters. The molecular formula is C21H26N4O4. The summed E-state index contributed by atoms with van der Waals surface area (Å²) in [5.74, 6) is 0.313. The Morgan fingerprint density at radius 3 is 2.52 bits per heavy atom. The third kappa shape index (κ3) is 4.65. The van der Waals surface area contributed by atoms with E-state index in [9.17, 15) is 14.9 Å². The number of para-hydroxylation sites is 1. The Morgan fingerprint density at radius 2 is 1.86 bits per heavy atom. The molecule has 29 heavy (non-hydrogen) atoms. The van der Waals surface area contributed by atoms with Crippen molar-refractivity contribution in [2.24, 2.45) is 0 Å². The van der Waals surface area contributed by atoms with Gasteiger partial charge in [0.2, 0.25) is 0 Å². The number of hydrogen-bond acceptors (Lipinski definition) is 6. The monoisotopic (exact) mass is 398 g/mol. The average molecular weight is 398 g/mol. The van der Waals surface area contributed by atoms with Crippen molar-refractivity contribution >= 4 is 17.3 Å². The van der Waals surface area contributed by atoms with Crippen LogP contribution in [0.15, 0.2) is 42.5 Å². The zero-order chi connectivity index (χ0) is 21.0. The minimum Gasteiger partial charge on any atom is -0.496 e. The first-order valence-electron chi connectivity index (χ1n) is 9.56. The molecule has 0 aromatic heterocycles. The van der Waals surface area contributed by atoms with Gasteiger partial charge in [-0.05, 0) is 32.2 Å². The highest BCUT2D eigenvalue weighted by atomic mass is 16.6. The van der Waals surface area contributed by atoms with Gasteiger partial charge in [0.1, 0.15) is 11.4 Å². The largest absolute Gasteiger partial charge is 0.496 e. The van der Waals surface area contributed by atoms with Crippen molar-refractivity contribution in [1.29, 1.82) is 0 Å². The van der Waals surface area contributed by atoms with E-state index in [1.54, 1.807) is 19.2 Å². The fraction of sp³-hybridized carbons (Fsp3) is 0.381. The van der Waals surface area contributed by atoms with E-state index >= 15 is 0 Å². The molecule has 2 aromatic rings. The second kappa shape index (κ2) is 8.91. The van der Waals surface area contributed by atoms with Gasteiger partial charge in [-0.15, -0.1) is 0 Å². The minimum atomic E-state index is -0.423. The number of benzene rings is 2. The zero-order valence-electron chi connectivity index (χ0n) is 16.9. The van der Waals surface area contributed by atoms with Crippen LogP contribution in [0.25, 0.3) is 0 Å². The molecular weight excluding hydrogens is 372 g/mol. The highest BCUT2D eigenvalue weighted by Gasteiger charge is 2.25. The lowest BCUT2D eigenvalue weighted by Crippen LogP contribution is -2.44. The molecule has 2 aromatic carbocycles. The standard InChI is InChI=1S/C21H26N4O4/c1-15(17-6-4-5-7-20(17)29-3)22-21(26)16-8-9-18(19(14-16)25(27)28)24-12-10-23(2)11-13-24/h4-9,14-15H,10-13H2,1-3H3,(H,22,26). The van der Waals surface area contributed by atoms with E-state index in [2.05, 4.69) is 10.2 Å². The summed E-state index contributed by atoms with van der Waals surface area (Å²) in [6.45, 7) is 4.97. The summed E-state index contributed by atoms with van der Waals surface area (Å²) in [6, 6.07) is 11.8. The van der Waals surface area contributed by atoms with E-state index in [1.165, 1.54) is 6.07 Å². The van der Waals surface area contributed by atoms with E-state index in [0.717, 1.165) is 18.7 Å². The number of amides is 1. The molecule has 1 saturated heterocycles. The Bertz CT molecular complexity index is 894. The van der Waals surface area contributed by atoms with Gasteiger partial charge in [-0.3, -0.25) is 14.9 Å². The number of nitro groups is 1. The van der Waals surface area contributed by atoms with Crippen molar-refractivity contribution in [3.63, 3.8) is 0 Å². The summed E-state index contributed by atoms with van der Waals surface area (Å²) in [7, 11) is 3.61. The Kier molecular flexibility index (Phi) is 6.33. The van der Waals surface area contributed by atoms with E-state index in [1.807, 2.05) is 43.1 Å². The van der Waals surface area contributed by atoms with Gasteiger partial charge in [0, 0.05) is 43.4 Å². The van der Waals surface area contributed by atoms with Crippen LogP contribution in [-0.4, -0.2) is 56.1 Å². The quantitative estimate of drug-likeness (QED) is 0.595. The Labute approximate surface area is 170 Å². The summed E-state index contributed by atoms with van der Waals surface area (Å²) in [4.78, 5) is 28.1. The van der Waals surface area contributed by atoms with Crippen LogP contribution < -0.4 is 15.0 Å². The molecule has 1 unspecified atom stereocenters. The zero-order valence-corrected chi connectivity index (χ0v) is 16.9. The van der Waals surface area contributed by atoms with Crippen LogP contribution in [0, 0.1) is 10.1 Å². The fourth-order valence-corrected chi connectivity index (χ4v) is 3.51. The highest BCUT2D eigenvalue weighted by molar-refractivity contribution is 5.96. The molecule has 1 fully saturated rings. The van der Waals surface area contributed by atoms with Gasteiger partial charge in [0.15, 0.2) is 0 Å². The lowest BCUT2D eigenvalue weighted by molar-refractivity contribution is -0.384. The number of nitro benzene ring substituents is 1. The number of hydrogen-bond donors (Lipinski definition) is 1. The van der Waals surface area contributed by atoms with Crippen LogP contribution in [0.2, 0.25) is 0 Å². The summed E-state index contributed by atoms with van der Waals surface area (Å²) in [5.41, 5.74) is 1.60. The van der Waals surface area contributed by atoms with Gasteiger partial charge in [-0.2, -0.15) is 0 Å². The Balaban J connectivity index is 1.80. The highest BCUT2D eigenvalue weighted by Crippen LogP contribution is 2.30. The van der Waals surface area contributed by atoms with Crippen molar-refractivity contribution in [2.75, 3.05) is 45.2 Å². The van der Waals surface area contributed by atoms with Crippen LogP contribution in [0.4, 0.5) is 11.4 Å². The molecule has 1 N–H and O–H groups in total. The van der Waals surface area contributed by atoms with Crippen LogP contribution in [-0.2, 0) is 0 Å². The third-order valence-corrected chi connectivity index (χ3v) is 5.23. The SMILES string of the molecule is COc1ccccc1C(C)NC(=O)c1ccc(N2CCN(C)CC2)c([N+](=O)[O-])c1. The number of methoxy groups -OCH3 is 1. The first-order valence-corrected chi connectivity index (χ1v) is 9.56. The van der Waals surface area contributed by atoms with Gasteiger partial charge in [0.05, 0.1) is 18.1 Å². The van der Waals surface area contributed by atoms with Gasteiger partial charge in [-0.25, -0.2) is 0 Å². The number of nitrogens with one attached hydrogen (secondary N) is 1. The normalized spacial score (nSPS) is 15.6. The number of carbonyl (C=O) groups excluding carboxylic acids is 1. The van der Waals surface area contributed by atoms with Crippen molar-refractivity contribution in [3.05, 3.63) is 63.7 Å². The number of carbonyl (C=O) groups is 1. The van der Waals surface area contributed by atoms with E-state index in [0.29, 0.717) is 24.5 Å². The van der Waals surface area contributed by atoms with Crippen molar-refractivity contribution in [3.8, 4) is 5.75 Å². The predicted molar refractivity (Wildman–Crippen MR) is 112 cm³/mol. The Morgan fingerprint density at radius 1 is 1.17 bits per heavy atom. The van der Waals surface area contributed by atoms with Crippen molar-refractivity contribution < 1.29 is 14.5 Å². The van der Waals surface area contributed by atoms with Gasteiger partial charge >= 0.3 is 0 Å². The first kappa shape index (κ1) is 20.6. The van der Waals surface area contributed by atoms with Gasteiger partial charge in [-0.1, -0.05) is 18.2 Å². The topological polar surface area (TPSA) is 88.0 Å². The number of rotatable bonds is 6. The molecule has 1 amide bonds. The minimum absolute atomic E-state index is 0.0489. The van der Waals surface area contributed by atoms with E-state index in [4.69, 9.17) is 4.74 Å². The lowest BCUT2D eigenvalue weighted by Gasteiger charge is -2.33. The van der Waals surface area contributed by atoms with Crippen LogP contribution in [0.1, 0.15) is 28.9 Å². The van der Waals surface area contributed by atoms with Gasteiger partial charge < -0.3 is 19.9 Å². The molecule has 0 aliphatic carbocycles. The van der Waals surface area contributed by atoms with Crippen molar-refractivity contribution in [2.45, 2.75) is 13.0 Å². The smallest absolute Gasteiger partial charge is 0.293 e. The molecule has 8 heteroatoms. The third-order valence-electron chi connectivity index (χ3n) is 5.23. The fourth-order valence-electron chi connectivity index (χ4n) is 3.51. The molecule has 0 spiro atoms. The molecule has 0 bridgehead atoms.